The first-order valence-electron chi connectivity index (χ1n) is 10.4. The Morgan fingerprint density at radius 2 is 1.48 bits per heavy atom. The molecule has 0 aromatic heterocycles. The van der Waals surface area contributed by atoms with E-state index in [-0.39, 0.29) is 30.8 Å². The van der Waals surface area contributed by atoms with Gasteiger partial charge in [-0.1, -0.05) is 68.9 Å². The van der Waals surface area contributed by atoms with E-state index in [0.717, 1.165) is 25.7 Å². The molecule has 0 unspecified atom stereocenters. The van der Waals surface area contributed by atoms with Crippen molar-refractivity contribution in [2.75, 3.05) is 0 Å². The predicted octanol–water partition coefficient (Wildman–Crippen LogP) is 4.22. The monoisotopic (exact) mass is 372 g/mol. The van der Waals surface area contributed by atoms with Crippen molar-refractivity contribution in [3.63, 3.8) is 0 Å². The highest BCUT2D eigenvalue weighted by molar-refractivity contribution is 6.21. The molecule has 148 valence electrons. The lowest BCUT2D eigenvalue weighted by atomic mass is 9.81. The topological polar surface area (TPSA) is 71.4 Å². The highest BCUT2D eigenvalue weighted by atomic mass is 16.3. The third kappa shape index (κ3) is 7.37. The predicted molar refractivity (Wildman–Crippen MR) is 105 cm³/mol. The second kappa shape index (κ2) is 11.8. The Kier molecular flexibility index (Phi) is 9.40. The van der Waals surface area contributed by atoms with Crippen LogP contribution in [0.2, 0.25) is 0 Å². The molecule has 0 saturated heterocycles. The van der Waals surface area contributed by atoms with Crippen molar-refractivity contribution in [1.29, 1.82) is 0 Å². The van der Waals surface area contributed by atoms with E-state index in [9.17, 15) is 19.5 Å². The molecule has 0 amide bonds. The lowest BCUT2D eigenvalue weighted by Crippen LogP contribution is -2.43. The van der Waals surface area contributed by atoms with Crippen LogP contribution in [-0.2, 0) is 20.8 Å². The Morgan fingerprint density at radius 3 is 2.15 bits per heavy atom. The number of aliphatic hydroxyl groups is 1. The molecule has 1 N–H and O–H groups in total. The van der Waals surface area contributed by atoms with Gasteiger partial charge < -0.3 is 5.11 Å². The van der Waals surface area contributed by atoms with Crippen LogP contribution in [0.5, 0.6) is 0 Å². The first kappa shape index (κ1) is 21.5. The van der Waals surface area contributed by atoms with E-state index < -0.39 is 17.8 Å². The zero-order valence-electron chi connectivity index (χ0n) is 16.2. The molecule has 0 spiro atoms. The zero-order valence-corrected chi connectivity index (χ0v) is 16.2. The van der Waals surface area contributed by atoms with Gasteiger partial charge in [0.25, 0.3) is 0 Å². The van der Waals surface area contributed by atoms with Crippen molar-refractivity contribution in [2.45, 2.75) is 83.2 Å². The number of hydrogen-bond acceptors (Lipinski definition) is 4. The molecular weight excluding hydrogens is 340 g/mol. The van der Waals surface area contributed by atoms with Crippen LogP contribution in [0.15, 0.2) is 30.3 Å². The Bertz CT molecular complexity index is 608. The summed E-state index contributed by atoms with van der Waals surface area (Å²) in [7, 11) is 0. The van der Waals surface area contributed by atoms with Crippen LogP contribution in [0, 0.1) is 5.92 Å². The minimum atomic E-state index is -1.20. The molecule has 1 saturated carbocycles. The summed E-state index contributed by atoms with van der Waals surface area (Å²) in [6, 6.07) is 10.6. The number of carbonyl (C=O) groups is 3. The molecule has 27 heavy (non-hydrogen) atoms. The number of benzene rings is 1. The Labute approximate surface area is 162 Å². The molecule has 2 rings (SSSR count). The van der Waals surface area contributed by atoms with Crippen LogP contribution in [0.4, 0.5) is 0 Å². The van der Waals surface area contributed by atoms with E-state index in [1.165, 1.54) is 37.7 Å². The summed E-state index contributed by atoms with van der Waals surface area (Å²) < 4.78 is 0. The smallest absolute Gasteiger partial charge is 0.179 e. The second-order valence-electron chi connectivity index (χ2n) is 7.64. The summed E-state index contributed by atoms with van der Waals surface area (Å²) >= 11 is 0. The minimum Gasteiger partial charge on any atom is -0.385 e. The van der Waals surface area contributed by atoms with Gasteiger partial charge in [-0.2, -0.15) is 0 Å². The first-order valence-corrected chi connectivity index (χ1v) is 10.4. The molecule has 1 fully saturated rings. The van der Waals surface area contributed by atoms with E-state index >= 15 is 0 Å². The van der Waals surface area contributed by atoms with Crippen LogP contribution >= 0.6 is 0 Å². The number of rotatable bonds is 12. The van der Waals surface area contributed by atoms with E-state index in [1.54, 1.807) is 0 Å². The van der Waals surface area contributed by atoms with Gasteiger partial charge in [-0.05, 0) is 31.2 Å². The van der Waals surface area contributed by atoms with Crippen molar-refractivity contribution >= 4 is 17.3 Å². The van der Waals surface area contributed by atoms with Gasteiger partial charge in [-0.15, -0.1) is 0 Å². The third-order valence-corrected chi connectivity index (χ3v) is 5.40. The van der Waals surface area contributed by atoms with Crippen molar-refractivity contribution in [2.24, 2.45) is 5.92 Å². The van der Waals surface area contributed by atoms with Crippen LogP contribution in [0.1, 0.15) is 76.2 Å². The minimum absolute atomic E-state index is 0.133. The largest absolute Gasteiger partial charge is 0.385 e. The SMILES string of the molecule is O=C(CCCCCCCCCCc1ccccc1)[C@H]1C(=O)CC[C@H](O)C1=O. The van der Waals surface area contributed by atoms with Gasteiger partial charge in [0.1, 0.15) is 12.0 Å². The fourth-order valence-corrected chi connectivity index (χ4v) is 3.73. The van der Waals surface area contributed by atoms with Crippen molar-refractivity contribution < 1.29 is 19.5 Å². The molecule has 4 nitrogen and oxygen atoms in total. The average Bonchev–Trinajstić information content (AvgIpc) is 2.67. The molecule has 1 aliphatic rings. The Morgan fingerprint density at radius 1 is 0.889 bits per heavy atom. The molecule has 0 heterocycles. The number of carbonyl (C=O) groups excluding carboxylic acids is 3. The van der Waals surface area contributed by atoms with Crippen molar-refractivity contribution in [3.8, 4) is 0 Å². The summed E-state index contributed by atoms with van der Waals surface area (Å²) in [6.07, 6.45) is 9.44. The summed E-state index contributed by atoms with van der Waals surface area (Å²) in [6.45, 7) is 0. The highest BCUT2D eigenvalue weighted by Crippen LogP contribution is 2.21. The van der Waals surface area contributed by atoms with E-state index in [2.05, 4.69) is 24.3 Å². The molecule has 4 heteroatoms. The van der Waals surface area contributed by atoms with Crippen LogP contribution in [0.25, 0.3) is 0 Å². The molecule has 1 aliphatic carbocycles. The molecule has 1 aromatic carbocycles. The van der Waals surface area contributed by atoms with Gasteiger partial charge in [-0.25, -0.2) is 0 Å². The van der Waals surface area contributed by atoms with E-state index in [1.807, 2.05) is 6.07 Å². The lowest BCUT2D eigenvalue weighted by molar-refractivity contribution is -0.147. The maximum Gasteiger partial charge on any atom is 0.179 e. The molecule has 0 aliphatic heterocycles. The number of unbranched alkanes of at least 4 members (excludes halogenated alkanes) is 7. The van der Waals surface area contributed by atoms with E-state index in [4.69, 9.17) is 0 Å². The lowest BCUT2D eigenvalue weighted by Gasteiger charge is -2.22. The van der Waals surface area contributed by atoms with Gasteiger partial charge in [-0.3, -0.25) is 14.4 Å². The second-order valence-corrected chi connectivity index (χ2v) is 7.64. The average molecular weight is 373 g/mol. The van der Waals surface area contributed by atoms with Gasteiger partial charge in [0.05, 0.1) is 0 Å². The molecule has 1 aromatic rings. The number of aliphatic hydroxyl groups excluding tert-OH is 1. The van der Waals surface area contributed by atoms with Gasteiger partial charge in [0.15, 0.2) is 17.3 Å². The standard InChI is InChI=1S/C23H32O4/c24-19(22-20(25)16-17-21(26)23(22)27)15-11-6-4-2-1-3-5-8-12-18-13-9-7-10-14-18/h7,9-10,13-14,21-22,26H,1-6,8,11-12,15-17H2/t21-,22-/m0/s1. The first-order chi connectivity index (χ1) is 13.1. The van der Waals surface area contributed by atoms with Gasteiger partial charge in [0.2, 0.25) is 0 Å². The molecule has 2 atom stereocenters. The third-order valence-electron chi connectivity index (χ3n) is 5.40. The molecule has 0 bridgehead atoms. The molecule has 0 radical (unpaired) electrons. The van der Waals surface area contributed by atoms with Crippen molar-refractivity contribution in [1.82, 2.24) is 0 Å². The summed E-state index contributed by atoms with van der Waals surface area (Å²) in [5.41, 5.74) is 1.41. The number of Topliss-reactive ketones (excluding diaryl/α,β-unsaturated/α-hetero) is 3. The van der Waals surface area contributed by atoms with Gasteiger partial charge >= 0.3 is 0 Å². The van der Waals surface area contributed by atoms with Crippen LogP contribution < -0.4 is 0 Å². The van der Waals surface area contributed by atoms with Crippen molar-refractivity contribution in [3.05, 3.63) is 35.9 Å². The quantitative estimate of drug-likeness (QED) is 0.440. The number of aryl methyl sites for hydroxylation is 1. The Hall–Kier alpha value is -1.81. The van der Waals surface area contributed by atoms with Crippen LogP contribution in [-0.4, -0.2) is 28.6 Å². The van der Waals surface area contributed by atoms with E-state index in [0.29, 0.717) is 0 Å². The summed E-state index contributed by atoms with van der Waals surface area (Å²) in [5.74, 6) is -2.40. The highest BCUT2D eigenvalue weighted by Gasteiger charge is 2.40. The number of hydrogen-bond donors (Lipinski definition) is 1. The zero-order chi connectivity index (χ0) is 19.5. The normalized spacial score (nSPS) is 20.0. The summed E-state index contributed by atoms with van der Waals surface area (Å²) in [5, 5.41) is 9.56. The maximum atomic E-state index is 12.1. The number of ketones is 3. The fourth-order valence-electron chi connectivity index (χ4n) is 3.73. The Balaban J connectivity index is 1.47. The van der Waals surface area contributed by atoms with Gasteiger partial charge in [0, 0.05) is 12.8 Å². The maximum absolute atomic E-state index is 12.1. The summed E-state index contributed by atoms with van der Waals surface area (Å²) in [4.78, 5) is 35.8. The fraction of sp³-hybridized carbons (Fsp3) is 0.609. The van der Waals surface area contributed by atoms with Crippen LogP contribution in [0.3, 0.4) is 0 Å². The molecular formula is C23H32O4.